The molecule has 0 aliphatic rings. The quantitative estimate of drug-likeness (QED) is 0.632. The van der Waals surface area contributed by atoms with E-state index in [1.165, 1.54) is 7.11 Å². The maximum atomic E-state index is 11.4. The Morgan fingerprint density at radius 3 is 2.53 bits per heavy atom. The van der Waals surface area contributed by atoms with Crippen molar-refractivity contribution in [2.75, 3.05) is 13.7 Å². The van der Waals surface area contributed by atoms with E-state index in [4.69, 9.17) is 4.74 Å². The summed E-state index contributed by atoms with van der Waals surface area (Å²) in [6, 6.07) is -0.121. The first-order chi connectivity index (χ1) is 7.15. The molecule has 1 N–H and O–H groups in total. The topological polar surface area (TPSA) is 38.3 Å². The van der Waals surface area contributed by atoms with Crippen LogP contribution in [-0.4, -0.2) is 25.7 Å². The Bertz CT molecular complexity index is 171. The molecular weight excluding hydrogens is 190 g/mol. The molecule has 0 rings (SSSR count). The molecule has 0 fully saturated rings. The second kappa shape index (κ2) is 8.72. The van der Waals surface area contributed by atoms with Crippen LogP contribution in [0.2, 0.25) is 0 Å². The summed E-state index contributed by atoms with van der Waals surface area (Å²) in [7, 11) is 1.45. The number of hydrogen-bond acceptors (Lipinski definition) is 3. The van der Waals surface area contributed by atoms with Gasteiger partial charge in [-0.25, -0.2) is 0 Å². The molecule has 3 nitrogen and oxygen atoms in total. The van der Waals surface area contributed by atoms with Gasteiger partial charge in [0.05, 0.1) is 7.11 Å². The molecule has 90 valence electrons. The molecule has 15 heavy (non-hydrogen) atoms. The average Bonchev–Trinajstić information content (AvgIpc) is 2.27. The van der Waals surface area contributed by atoms with Crippen LogP contribution in [0, 0.1) is 5.92 Å². The Kier molecular flexibility index (Phi) is 8.38. The van der Waals surface area contributed by atoms with Crippen LogP contribution in [0.15, 0.2) is 0 Å². The number of carbonyl (C=O) groups excluding carboxylic acids is 1. The maximum Gasteiger partial charge on any atom is 0.322 e. The highest BCUT2D eigenvalue weighted by Gasteiger charge is 2.17. The Morgan fingerprint density at radius 2 is 2.07 bits per heavy atom. The Morgan fingerprint density at radius 1 is 1.40 bits per heavy atom. The van der Waals surface area contributed by atoms with Crippen molar-refractivity contribution in [1.29, 1.82) is 0 Å². The number of hydrogen-bond donors (Lipinski definition) is 1. The number of rotatable bonds is 8. The number of methoxy groups -OCH3 is 1. The summed E-state index contributed by atoms with van der Waals surface area (Å²) in [6.45, 7) is 7.36. The van der Waals surface area contributed by atoms with E-state index < -0.39 is 0 Å². The number of nitrogens with one attached hydrogen (secondary N) is 1. The molecule has 0 aliphatic heterocycles. The molecule has 0 aromatic heterocycles. The van der Waals surface area contributed by atoms with E-state index in [0.29, 0.717) is 5.92 Å². The molecule has 0 aromatic rings. The molecule has 3 heteroatoms. The van der Waals surface area contributed by atoms with Gasteiger partial charge in [-0.1, -0.05) is 40.0 Å². The first-order valence-electron chi connectivity index (χ1n) is 5.96. The maximum absolute atomic E-state index is 11.4. The number of unbranched alkanes of at least 4 members (excludes halogenated alkanes) is 1. The molecule has 0 bridgehead atoms. The predicted octanol–water partition coefficient (Wildman–Crippen LogP) is 2.35. The molecule has 0 aliphatic carbocycles. The molecule has 0 aromatic carbocycles. The first kappa shape index (κ1) is 14.4. The van der Waals surface area contributed by atoms with Gasteiger partial charge < -0.3 is 10.1 Å². The Hall–Kier alpha value is -0.570. The van der Waals surface area contributed by atoms with Crippen molar-refractivity contribution in [1.82, 2.24) is 5.32 Å². The lowest BCUT2D eigenvalue weighted by Gasteiger charge is -2.18. The van der Waals surface area contributed by atoms with Crippen molar-refractivity contribution in [3.05, 3.63) is 0 Å². The van der Waals surface area contributed by atoms with Crippen LogP contribution in [0.5, 0.6) is 0 Å². The van der Waals surface area contributed by atoms with Gasteiger partial charge in [0.25, 0.3) is 0 Å². The van der Waals surface area contributed by atoms with E-state index >= 15 is 0 Å². The van der Waals surface area contributed by atoms with Crippen LogP contribution in [0.25, 0.3) is 0 Å². The molecular formula is C12H25NO2. The van der Waals surface area contributed by atoms with Gasteiger partial charge in [-0.3, -0.25) is 4.79 Å². The van der Waals surface area contributed by atoms with Crippen molar-refractivity contribution >= 4 is 5.97 Å². The smallest absolute Gasteiger partial charge is 0.322 e. The molecule has 0 saturated heterocycles. The summed E-state index contributed by atoms with van der Waals surface area (Å²) >= 11 is 0. The Labute approximate surface area is 93.6 Å². The zero-order chi connectivity index (χ0) is 11.7. The van der Waals surface area contributed by atoms with Gasteiger partial charge >= 0.3 is 5.97 Å². The largest absolute Gasteiger partial charge is 0.468 e. The van der Waals surface area contributed by atoms with Crippen LogP contribution in [0.1, 0.15) is 46.5 Å². The summed E-state index contributed by atoms with van der Waals surface area (Å²) in [4.78, 5) is 11.4. The van der Waals surface area contributed by atoms with E-state index in [1.807, 2.05) is 0 Å². The van der Waals surface area contributed by atoms with Crippen LogP contribution in [0.4, 0.5) is 0 Å². The van der Waals surface area contributed by atoms with Crippen molar-refractivity contribution in [3.63, 3.8) is 0 Å². The number of esters is 1. The minimum absolute atomic E-state index is 0.121. The third kappa shape index (κ3) is 6.50. The fourth-order valence-electron chi connectivity index (χ4n) is 1.34. The third-order valence-corrected chi connectivity index (χ3v) is 2.74. The van der Waals surface area contributed by atoms with Gasteiger partial charge in [0.2, 0.25) is 0 Å². The summed E-state index contributed by atoms with van der Waals surface area (Å²) < 4.78 is 4.77. The lowest BCUT2D eigenvalue weighted by molar-refractivity contribution is -0.143. The second-order valence-electron chi connectivity index (χ2n) is 4.14. The van der Waals surface area contributed by atoms with Gasteiger partial charge in [0.1, 0.15) is 6.04 Å². The van der Waals surface area contributed by atoms with E-state index in [-0.39, 0.29) is 12.0 Å². The standard InChI is InChI=1S/C12H25NO2/c1-5-7-8-11(12(14)15-4)13-9-10(3)6-2/h10-11,13H,5-9H2,1-4H3. The molecule has 2 atom stereocenters. The first-order valence-corrected chi connectivity index (χ1v) is 5.96. The number of ether oxygens (including phenoxy) is 1. The lowest BCUT2D eigenvalue weighted by Crippen LogP contribution is -2.39. The summed E-state index contributed by atoms with van der Waals surface area (Å²) in [5, 5.41) is 3.28. The van der Waals surface area contributed by atoms with E-state index in [9.17, 15) is 4.79 Å². The third-order valence-electron chi connectivity index (χ3n) is 2.74. The highest BCUT2D eigenvalue weighted by Crippen LogP contribution is 2.05. The van der Waals surface area contributed by atoms with Crippen molar-refractivity contribution < 1.29 is 9.53 Å². The molecule has 2 unspecified atom stereocenters. The summed E-state index contributed by atoms with van der Waals surface area (Å²) in [5.41, 5.74) is 0. The van der Waals surface area contributed by atoms with Gasteiger partial charge in [-0.05, 0) is 18.9 Å². The predicted molar refractivity (Wildman–Crippen MR) is 62.8 cm³/mol. The summed E-state index contributed by atoms with van der Waals surface area (Å²) in [5.74, 6) is 0.477. The highest BCUT2D eigenvalue weighted by molar-refractivity contribution is 5.75. The van der Waals surface area contributed by atoms with E-state index in [0.717, 1.165) is 32.2 Å². The molecule has 0 amide bonds. The van der Waals surface area contributed by atoms with Crippen LogP contribution < -0.4 is 5.32 Å². The van der Waals surface area contributed by atoms with Gasteiger partial charge in [0, 0.05) is 0 Å². The van der Waals surface area contributed by atoms with Crippen molar-refractivity contribution in [2.45, 2.75) is 52.5 Å². The second-order valence-corrected chi connectivity index (χ2v) is 4.14. The molecule has 0 spiro atoms. The SMILES string of the molecule is CCCCC(NCC(C)CC)C(=O)OC. The van der Waals surface area contributed by atoms with Gasteiger partial charge in [-0.2, -0.15) is 0 Å². The monoisotopic (exact) mass is 215 g/mol. The van der Waals surface area contributed by atoms with Crippen molar-refractivity contribution in [3.8, 4) is 0 Å². The molecule has 0 saturated carbocycles. The normalized spacial score (nSPS) is 14.7. The van der Waals surface area contributed by atoms with Gasteiger partial charge in [0.15, 0.2) is 0 Å². The highest BCUT2D eigenvalue weighted by atomic mass is 16.5. The van der Waals surface area contributed by atoms with Gasteiger partial charge in [-0.15, -0.1) is 0 Å². The lowest BCUT2D eigenvalue weighted by atomic mass is 10.1. The fourth-order valence-corrected chi connectivity index (χ4v) is 1.34. The molecule has 0 heterocycles. The van der Waals surface area contributed by atoms with Crippen LogP contribution >= 0.6 is 0 Å². The summed E-state index contributed by atoms with van der Waals surface area (Å²) in [6.07, 6.45) is 4.18. The van der Waals surface area contributed by atoms with E-state index in [1.54, 1.807) is 0 Å². The zero-order valence-corrected chi connectivity index (χ0v) is 10.5. The van der Waals surface area contributed by atoms with E-state index in [2.05, 4.69) is 26.1 Å². The van der Waals surface area contributed by atoms with Crippen LogP contribution in [0.3, 0.4) is 0 Å². The zero-order valence-electron chi connectivity index (χ0n) is 10.5. The van der Waals surface area contributed by atoms with Crippen molar-refractivity contribution in [2.24, 2.45) is 5.92 Å². The fraction of sp³-hybridized carbons (Fsp3) is 0.917. The molecule has 0 radical (unpaired) electrons. The minimum Gasteiger partial charge on any atom is -0.468 e. The van der Waals surface area contributed by atoms with Crippen LogP contribution in [-0.2, 0) is 9.53 Å². The minimum atomic E-state index is -0.133. The number of carbonyl (C=O) groups is 1. The average molecular weight is 215 g/mol. The Balaban J connectivity index is 3.95.